The minimum Gasteiger partial charge on any atom is -0.493 e. The Balaban J connectivity index is 2.41. The van der Waals surface area contributed by atoms with Crippen molar-refractivity contribution >= 4 is 19.2 Å². The molecular formula is C16H16F3N2O8P. The molecule has 2 aromatic carbocycles. The number of nitrogens with zero attached hydrogens (tertiary/aromatic N) is 2. The van der Waals surface area contributed by atoms with E-state index in [0.29, 0.717) is 5.75 Å². The molecule has 2 rings (SSSR count). The highest BCUT2D eigenvalue weighted by Crippen LogP contribution is 2.45. The Kier molecular flexibility index (Phi) is 7.13. The van der Waals surface area contributed by atoms with Gasteiger partial charge in [-0.15, -0.1) is 13.2 Å². The van der Waals surface area contributed by atoms with E-state index in [-0.39, 0.29) is 22.9 Å². The Bertz CT molecular complexity index is 952. The molecule has 0 bridgehead atoms. The van der Waals surface area contributed by atoms with E-state index in [4.69, 9.17) is 24.0 Å². The van der Waals surface area contributed by atoms with Gasteiger partial charge in [-0.25, -0.2) is 4.57 Å². The quantitative estimate of drug-likeness (QED) is 0.443. The Hall–Kier alpha value is -3.02. The maximum atomic E-state index is 12.5. The van der Waals surface area contributed by atoms with E-state index in [0.717, 1.165) is 18.2 Å². The van der Waals surface area contributed by atoms with Gasteiger partial charge in [0.1, 0.15) is 0 Å². The van der Waals surface area contributed by atoms with E-state index in [1.54, 1.807) is 0 Å². The van der Waals surface area contributed by atoms with Crippen molar-refractivity contribution in [3.05, 3.63) is 30.3 Å². The first-order valence-electron chi connectivity index (χ1n) is 7.82. The number of ether oxygens (including phenoxy) is 4. The maximum absolute atomic E-state index is 12.5. The molecule has 0 spiro atoms. The van der Waals surface area contributed by atoms with Gasteiger partial charge in [0, 0.05) is 18.2 Å². The number of methoxy groups -OCH3 is 3. The van der Waals surface area contributed by atoms with Crippen LogP contribution < -0.4 is 23.5 Å². The van der Waals surface area contributed by atoms with Crippen LogP contribution in [0.1, 0.15) is 0 Å². The van der Waals surface area contributed by atoms with Gasteiger partial charge in [0.25, 0.3) is 0 Å². The molecule has 2 aromatic rings. The fourth-order valence-electron chi connectivity index (χ4n) is 2.21. The third kappa shape index (κ3) is 6.51. The second kappa shape index (κ2) is 9.20. The molecule has 0 unspecified atom stereocenters. The zero-order chi connectivity index (χ0) is 22.5. The van der Waals surface area contributed by atoms with Gasteiger partial charge in [0.05, 0.1) is 32.7 Å². The van der Waals surface area contributed by atoms with Crippen LogP contribution in [0.2, 0.25) is 0 Å². The lowest BCUT2D eigenvalue weighted by Crippen LogP contribution is -2.17. The van der Waals surface area contributed by atoms with Crippen LogP contribution in [0.5, 0.6) is 28.7 Å². The summed E-state index contributed by atoms with van der Waals surface area (Å²) >= 11 is 0. The molecule has 0 amide bonds. The largest absolute Gasteiger partial charge is 0.573 e. The van der Waals surface area contributed by atoms with Crippen LogP contribution in [0.3, 0.4) is 0 Å². The number of benzene rings is 2. The van der Waals surface area contributed by atoms with Gasteiger partial charge in [-0.2, -0.15) is 10.2 Å². The van der Waals surface area contributed by atoms with Gasteiger partial charge in [-0.1, -0.05) is 0 Å². The van der Waals surface area contributed by atoms with Crippen LogP contribution >= 0.6 is 7.82 Å². The van der Waals surface area contributed by atoms with Crippen molar-refractivity contribution in [3.63, 3.8) is 0 Å². The fourth-order valence-corrected chi connectivity index (χ4v) is 2.61. The van der Waals surface area contributed by atoms with Crippen molar-refractivity contribution in [1.82, 2.24) is 0 Å². The molecule has 2 N–H and O–H groups in total. The highest BCUT2D eigenvalue weighted by atomic mass is 31.2. The zero-order valence-corrected chi connectivity index (χ0v) is 16.6. The number of rotatable bonds is 8. The Morgan fingerprint density at radius 1 is 0.833 bits per heavy atom. The van der Waals surface area contributed by atoms with Crippen molar-refractivity contribution in [2.24, 2.45) is 10.2 Å². The normalized spacial score (nSPS) is 12.0. The van der Waals surface area contributed by atoms with E-state index in [2.05, 4.69) is 19.5 Å². The van der Waals surface area contributed by atoms with Gasteiger partial charge < -0.3 is 23.5 Å². The van der Waals surface area contributed by atoms with Crippen LogP contribution in [0.4, 0.5) is 24.5 Å². The molecule has 0 fully saturated rings. The molecule has 0 aliphatic heterocycles. The minimum absolute atomic E-state index is 0.0817. The van der Waals surface area contributed by atoms with Gasteiger partial charge in [0.2, 0.25) is 5.75 Å². The number of halogens is 3. The van der Waals surface area contributed by atoms with Gasteiger partial charge in [-0.3, -0.25) is 9.79 Å². The standard InChI is InChI=1S/C16H16F3N2O8P/c1-25-13-7-10(8-14(26-2)15(13)27-3)21-20-9-4-5-11(28-16(17,18)19)12(6-9)29-30(22,23)24/h4-8H,1-3H3,(H2,22,23,24)/b21-20+. The van der Waals surface area contributed by atoms with Crippen LogP contribution in [0, 0.1) is 0 Å². The number of alkyl halides is 3. The first-order chi connectivity index (χ1) is 14.0. The molecule has 10 nitrogen and oxygen atoms in total. The minimum atomic E-state index is -5.17. The predicted octanol–water partition coefficient (Wildman–Crippen LogP) is 4.50. The molecular weight excluding hydrogens is 436 g/mol. The molecule has 0 atom stereocenters. The topological polar surface area (TPSA) is 128 Å². The SMILES string of the molecule is COc1cc(/N=N/c2ccc(OC(F)(F)F)c(OP(=O)(O)O)c2)cc(OC)c1OC. The van der Waals surface area contributed by atoms with Crippen LogP contribution in [-0.2, 0) is 4.57 Å². The summed E-state index contributed by atoms with van der Waals surface area (Å²) in [5.74, 6) is -0.958. The monoisotopic (exact) mass is 452 g/mol. The first kappa shape index (κ1) is 23.3. The second-order valence-corrected chi connectivity index (χ2v) is 6.51. The molecule has 14 heteroatoms. The van der Waals surface area contributed by atoms with Crippen LogP contribution in [0.25, 0.3) is 0 Å². The number of hydrogen-bond donors (Lipinski definition) is 2. The van der Waals surface area contributed by atoms with Crippen molar-refractivity contribution in [3.8, 4) is 28.7 Å². The molecule has 0 saturated carbocycles. The third-order valence-corrected chi connectivity index (χ3v) is 3.74. The smallest absolute Gasteiger partial charge is 0.493 e. The van der Waals surface area contributed by atoms with E-state index in [9.17, 15) is 17.7 Å². The first-order valence-corrected chi connectivity index (χ1v) is 9.35. The van der Waals surface area contributed by atoms with Gasteiger partial charge in [-0.05, 0) is 12.1 Å². The molecule has 30 heavy (non-hydrogen) atoms. The lowest BCUT2D eigenvalue weighted by molar-refractivity contribution is -0.275. The van der Waals surface area contributed by atoms with E-state index >= 15 is 0 Å². The highest BCUT2D eigenvalue weighted by Gasteiger charge is 2.33. The number of hydrogen-bond acceptors (Lipinski definition) is 8. The molecule has 0 heterocycles. The van der Waals surface area contributed by atoms with E-state index < -0.39 is 25.7 Å². The second-order valence-electron chi connectivity index (χ2n) is 5.34. The van der Waals surface area contributed by atoms with Crippen molar-refractivity contribution in [1.29, 1.82) is 0 Å². The van der Waals surface area contributed by atoms with Crippen molar-refractivity contribution in [2.75, 3.05) is 21.3 Å². The lowest BCUT2D eigenvalue weighted by Gasteiger charge is -2.14. The van der Waals surface area contributed by atoms with Crippen LogP contribution in [-0.4, -0.2) is 37.5 Å². The third-order valence-electron chi connectivity index (χ3n) is 3.30. The summed E-state index contributed by atoms with van der Waals surface area (Å²) in [6.07, 6.45) is -5.10. The van der Waals surface area contributed by atoms with Crippen molar-refractivity contribution < 1.29 is 51.0 Å². The molecule has 0 aromatic heterocycles. The zero-order valence-electron chi connectivity index (χ0n) is 15.7. The number of phosphoric ester groups is 1. The molecule has 0 aliphatic rings. The summed E-state index contributed by atoms with van der Waals surface area (Å²) in [6.45, 7) is 0. The summed E-state index contributed by atoms with van der Waals surface area (Å²) in [7, 11) is -0.978. The summed E-state index contributed by atoms with van der Waals surface area (Å²) in [5, 5.41) is 7.72. The van der Waals surface area contributed by atoms with Gasteiger partial charge in [0.15, 0.2) is 23.0 Å². The number of phosphoric acid groups is 1. The Morgan fingerprint density at radius 2 is 1.37 bits per heavy atom. The van der Waals surface area contributed by atoms with Crippen molar-refractivity contribution in [2.45, 2.75) is 6.36 Å². The Morgan fingerprint density at radius 3 is 1.83 bits per heavy atom. The summed E-state index contributed by atoms with van der Waals surface area (Å²) < 4.78 is 72.0. The maximum Gasteiger partial charge on any atom is 0.573 e. The van der Waals surface area contributed by atoms with Gasteiger partial charge >= 0.3 is 14.2 Å². The number of azo groups is 1. The predicted molar refractivity (Wildman–Crippen MR) is 96.1 cm³/mol. The van der Waals surface area contributed by atoms with Crippen LogP contribution in [0.15, 0.2) is 40.6 Å². The molecule has 0 aliphatic carbocycles. The average Bonchev–Trinajstić information content (AvgIpc) is 2.64. The Labute approximate surface area is 168 Å². The molecule has 0 radical (unpaired) electrons. The molecule has 164 valence electrons. The fraction of sp³-hybridized carbons (Fsp3) is 0.250. The van der Waals surface area contributed by atoms with E-state index in [1.807, 2.05) is 0 Å². The average molecular weight is 452 g/mol. The highest BCUT2D eigenvalue weighted by molar-refractivity contribution is 7.46. The summed E-state index contributed by atoms with van der Waals surface area (Å²) in [6, 6.07) is 5.59. The van der Waals surface area contributed by atoms with E-state index in [1.165, 1.54) is 33.5 Å². The summed E-state index contributed by atoms with van der Waals surface area (Å²) in [5.41, 5.74) is 0.152. The molecule has 0 saturated heterocycles. The lowest BCUT2D eigenvalue weighted by atomic mass is 10.2. The summed E-state index contributed by atoms with van der Waals surface area (Å²) in [4.78, 5) is 17.8.